The van der Waals surface area contributed by atoms with E-state index in [0.717, 1.165) is 5.56 Å². The molecule has 0 saturated carbocycles. The van der Waals surface area contributed by atoms with E-state index in [1.165, 1.54) is 18.4 Å². The maximum atomic E-state index is 12.7. The predicted octanol–water partition coefficient (Wildman–Crippen LogP) is 1.98. The number of carbonyl (C=O) groups excluding carboxylic acids is 1. The van der Waals surface area contributed by atoms with Crippen LogP contribution in [0.2, 0.25) is 0 Å². The van der Waals surface area contributed by atoms with Crippen molar-refractivity contribution in [3.05, 3.63) is 59.8 Å². The first-order valence-corrected chi connectivity index (χ1v) is 7.51. The molecule has 2 rings (SSSR count). The van der Waals surface area contributed by atoms with Crippen LogP contribution in [-0.2, 0) is 27.9 Å². The van der Waals surface area contributed by atoms with Crippen molar-refractivity contribution in [2.75, 3.05) is 5.75 Å². The molecule has 0 saturated heterocycles. The summed E-state index contributed by atoms with van der Waals surface area (Å²) in [4.78, 5) is 11.6. The lowest BCUT2D eigenvalue weighted by atomic mass is 10.2. The minimum atomic E-state index is -1.32. The first kappa shape index (κ1) is 14.5. The Morgan fingerprint density at radius 2 is 2.00 bits per heavy atom. The summed E-state index contributed by atoms with van der Waals surface area (Å²) < 4.78 is 29.6. The Kier molecular flexibility index (Phi) is 5.06. The highest BCUT2D eigenvalue weighted by atomic mass is 32.2. The number of halogens is 1. The quantitative estimate of drug-likeness (QED) is 0.886. The van der Waals surface area contributed by atoms with Crippen LogP contribution in [0, 0.1) is 5.82 Å². The molecule has 6 heteroatoms. The Bertz CT molecular complexity index is 581. The highest BCUT2D eigenvalue weighted by Gasteiger charge is 2.09. The van der Waals surface area contributed by atoms with Gasteiger partial charge in [0.05, 0.1) is 12.8 Å². The van der Waals surface area contributed by atoms with E-state index in [1.54, 1.807) is 24.3 Å². The van der Waals surface area contributed by atoms with Gasteiger partial charge in [-0.25, -0.2) is 4.39 Å². The standard InChI is InChI=1S/C14H14FNO3S/c15-12-5-3-11(4-6-12)9-20(18)10-14(17)16-8-13-2-1-7-19-13/h1-7H,8-10H2,(H,16,17). The number of nitrogens with one attached hydrogen (secondary N) is 1. The van der Waals surface area contributed by atoms with Crippen LogP contribution < -0.4 is 5.32 Å². The van der Waals surface area contributed by atoms with Gasteiger partial charge in [0, 0.05) is 16.6 Å². The Balaban J connectivity index is 1.76. The number of rotatable bonds is 6. The van der Waals surface area contributed by atoms with Crippen molar-refractivity contribution >= 4 is 16.7 Å². The van der Waals surface area contributed by atoms with Crippen molar-refractivity contribution < 1.29 is 17.8 Å². The molecule has 4 nitrogen and oxygen atoms in total. The summed E-state index contributed by atoms with van der Waals surface area (Å²) in [6.07, 6.45) is 1.52. The van der Waals surface area contributed by atoms with Crippen LogP contribution >= 0.6 is 0 Å². The maximum absolute atomic E-state index is 12.7. The molecule has 0 aliphatic heterocycles. The maximum Gasteiger partial charge on any atom is 0.233 e. The van der Waals surface area contributed by atoms with Crippen molar-refractivity contribution in [1.82, 2.24) is 5.32 Å². The zero-order valence-corrected chi connectivity index (χ0v) is 11.5. The normalized spacial score (nSPS) is 12.1. The number of amides is 1. The van der Waals surface area contributed by atoms with Gasteiger partial charge < -0.3 is 9.73 Å². The third-order valence-electron chi connectivity index (χ3n) is 2.57. The number of hydrogen-bond donors (Lipinski definition) is 1. The SMILES string of the molecule is O=C(CS(=O)Cc1ccc(F)cc1)NCc1ccco1. The Morgan fingerprint density at radius 1 is 1.25 bits per heavy atom. The molecule has 0 spiro atoms. The molecule has 1 amide bonds. The molecule has 20 heavy (non-hydrogen) atoms. The van der Waals surface area contributed by atoms with E-state index in [2.05, 4.69) is 5.32 Å². The molecule has 106 valence electrons. The molecule has 2 aromatic rings. The molecular weight excluding hydrogens is 281 g/mol. The van der Waals surface area contributed by atoms with Gasteiger partial charge in [-0.3, -0.25) is 9.00 Å². The number of furan rings is 1. The van der Waals surface area contributed by atoms with E-state index < -0.39 is 10.8 Å². The van der Waals surface area contributed by atoms with Gasteiger partial charge >= 0.3 is 0 Å². The fourth-order valence-electron chi connectivity index (χ4n) is 1.61. The summed E-state index contributed by atoms with van der Waals surface area (Å²) >= 11 is 0. The lowest BCUT2D eigenvalue weighted by Crippen LogP contribution is -2.28. The lowest BCUT2D eigenvalue weighted by molar-refractivity contribution is -0.118. The second-order valence-electron chi connectivity index (χ2n) is 4.21. The third kappa shape index (κ3) is 4.62. The topological polar surface area (TPSA) is 59.3 Å². The molecule has 0 bridgehead atoms. The van der Waals surface area contributed by atoms with Crippen molar-refractivity contribution in [3.8, 4) is 0 Å². The van der Waals surface area contributed by atoms with E-state index in [1.807, 2.05) is 0 Å². The molecule has 0 aliphatic carbocycles. The largest absolute Gasteiger partial charge is 0.467 e. The fourth-order valence-corrected chi connectivity index (χ4v) is 2.67. The second kappa shape index (κ2) is 7.00. The Morgan fingerprint density at radius 3 is 2.65 bits per heavy atom. The summed E-state index contributed by atoms with van der Waals surface area (Å²) in [5.74, 6) is 0.146. The summed E-state index contributed by atoms with van der Waals surface area (Å²) in [5.41, 5.74) is 0.739. The van der Waals surface area contributed by atoms with E-state index in [0.29, 0.717) is 5.76 Å². The minimum absolute atomic E-state index is 0.0852. The van der Waals surface area contributed by atoms with Gasteiger partial charge in [0.15, 0.2) is 0 Å². The van der Waals surface area contributed by atoms with Crippen LogP contribution in [0.3, 0.4) is 0 Å². The van der Waals surface area contributed by atoms with E-state index >= 15 is 0 Å². The zero-order chi connectivity index (χ0) is 14.4. The van der Waals surface area contributed by atoms with E-state index in [9.17, 15) is 13.4 Å². The van der Waals surface area contributed by atoms with Crippen LogP contribution in [0.5, 0.6) is 0 Å². The number of carbonyl (C=O) groups is 1. The molecular formula is C14H14FNO3S. The summed E-state index contributed by atoms with van der Waals surface area (Å²) in [7, 11) is -1.32. The minimum Gasteiger partial charge on any atom is -0.467 e. The van der Waals surface area contributed by atoms with Gasteiger partial charge in [-0.1, -0.05) is 12.1 Å². The Labute approximate surface area is 118 Å². The molecule has 1 aromatic heterocycles. The van der Waals surface area contributed by atoms with Crippen molar-refractivity contribution in [1.29, 1.82) is 0 Å². The van der Waals surface area contributed by atoms with Gasteiger partial charge in [0.2, 0.25) is 5.91 Å². The van der Waals surface area contributed by atoms with Gasteiger partial charge in [0.25, 0.3) is 0 Å². The van der Waals surface area contributed by atoms with Crippen LogP contribution in [-0.4, -0.2) is 15.9 Å². The monoisotopic (exact) mass is 295 g/mol. The first-order valence-electron chi connectivity index (χ1n) is 6.02. The first-order chi connectivity index (χ1) is 9.63. The second-order valence-corrected chi connectivity index (χ2v) is 5.67. The molecule has 1 N–H and O–H groups in total. The zero-order valence-electron chi connectivity index (χ0n) is 10.7. The van der Waals surface area contributed by atoms with Gasteiger partial charge in [-0.15, -0.1) is 0 Å². The highest BCUT2D eigenvalue weighted by Crippen LogP contribution is 2.06. The molecule has 1 heterocycles. The Hall–Kier alpha value is -1.95. The van der Waals surface area contributed by atoms with Gasteiger partial charge in [-0.05, 0) is 29.8 Å². The van der Waals surface area contributed by atoms with Crippen LogP contribution in [0.15, 0.2) is 47.1 Å². The molecule has 1 unspecified atom stereocenters. The van der Waals surface area contributed by atoms with Crippen LogP contribution in [0.1, 0.15) is 11.3 Å². The van der Waals surface area contributed by atoms with Gasteiger partial charge in [-0.2, -0.15) is 0 Å². The molecule has 0 aliphatic rings. The highest BCUT2D eigenvalue weighted by molar-refractivity contribution is 7.84. The van der Waals surface area contributed by atoms with Crippen molar-refractivity contribution in [3.63, 3.8) is 0 Å². The van der Waals surface area contributed by atoms with Crippen molar-refractivity contribution in [2.45, 2.75) is 12.3 Å². The van der Waals surface area contributed by atoms with Crippen LogP contribution in [0.4, 0.5) is 4.39 Å². The molecule has 1 atom stereocenters. The molecule has 1 aromatic carbocycles. The lowest BCUT2D eigenvalue weighted by Gasteiger charge is -2.04. The third-order valence-corrected chi connectivity index (χ3v) is 3.81. The average Bonchev–Trinajstić information content (AvgIpc) is 2.92. The van der Waals surface area contributed by atoms with Crippen LogP contribution in [0.25, 0.3) is 0 Å². The summed E-state index contributed by atoms with van der Waals surface area (Å²) in [5, 5.41) is 2.63. The molecule has 0 radical (unpaired) electrons. The smallest absolute Gasteiger partial charge is 0.233 e. The summed E-state index contributed by atoms with van der Waals surface area (Å²) in [6.45, 7) is 0.277. The predicted molar refractivity (Wildman–Crippen MR) is 73.7 cm³/mol. The fraction of sp³-hybridized carbons (Fsp3) is 0.214. The van der Waals surface area contributed by atoms with Crippen molar-refractivity contribution in [2.24, 2.45) is 0 Å². The van der Waals surface area contributed by atoms with E-state index in [4.69, 9.17) is 4.42 Å². The van der Waals surface area contributed by atoms with Gasteiger partial charge in [0.1, 0.15) is 17.3 Å². The van der Waals surface area contributed by atoms with E-state index in [-0.39, 0.29) is 29.8 Å². The molecule has 0 fully saturated rings. The summed E-state index contributed by atoms with van der Waals surface area (Å²) in [6, 6.07) is 9.22. The number of benzene rings is 1. The number of hydrogen-bond acceptors (Lipinski definition) is 3. The average molecular weight is 295 g/mol.